The summed E-state index contributed by atoms with van der Waals surface area (Å²) in [6, 6.07) is 73.6. The Kier molecular flexibility index (Phi) is 7.11. The first-order valence-electron chi connectivity index (χ1n) is 18.5. The van der Waals surface area contributed by atoms with E-state index in [1.54, 1.807) is 0 Å². The molecule has 0 saturated heterocycles. The van der Waals surface area contributed by atoms with Crippen LogP contribution in [0.5, 0.6) is 0 Å². The highest BCUT2D eigenvalue weighted by molar-refractivity contribution is 7.25. The molecular weight excluding hydrogens is 671 g/mol. The number of anilines is 3. The summed E-state index contributed by atoms with van der Waals surface area (Å²) in [6.07, 6.45) is 0. The molecule has 0 saturated carbocycles. The third-order valence-corrected chi connectivity index (χ3v) is 12.2. The minimum atomic E-state index is 1.12. The van der Waals surface area contributed by atoms with Gasteiger partial charge >= 0.3 is 0 Å². The molecule has 10 aromatic carbocycles. The minimum Gasteiger partial charge on any atom is -0.310 e. The molecule has 1 aromatic heterocycles. The van der Waals surface area contributed by atoms with Gasteiger partial charge in [-0.2, -0.15) is 0 Å². The third kappa shape index (κ3) is 5.15. The standard InChI is InChI=1S/C52H33NS/c1-3-9-45-36(7-1)15-16-41-31-39(22-29-47(41)45)34-17-24-42(25-18-34)53(44-28-21-38-14-13-37-8-2-4-10-46(37)50(38)33-44)43-26-19-35(20-27-43)40-23-30-49-48-11-5-6-12-51(48)54-52(49)32-40/h1-33H. The third-order valence-electron chi connectivity index (χ3n) is 11.0. The van der Waals surface area contributed by atoms with Crippen molar-refractivity contribution in [3.63, 3.8) is 0 Å². The lowest BCUT2D eigenvalue weighted by molar-refractivity contribution is 1.29. The summed E-state index contributed by atoms with van der Waals surface area (Å²) in [5, 5.41) is 12.8. The number of hydrogen-bond donors (Lipinski definition) is 0. The normalized spacial score (nSPS) is 11.7. The zero-order valence-corrected chi connectivity index (χ0v) is 30.2. The molecule has 0 fully saturated rings. The van der Waals surface area contributed by atoms with Crippen LogP contribution in [0.1, 0.15) is 0 Å². The predicted molar refractivity (Wildman–Crippen MR) is 235 cm³/mol. The van der Waals surface area contributed by atoms with Crippen LogP contribution in [-0.2, 0) is 0 Å². The Morgan fingerprint density at radius 2 is 0.704 bits per heavy atom. The largest absolute Gasteiger partial charge is 0.310 e. The molecule has 0 bridgehead atoms. The average molecular weight is 704 g/mol. The Balaban J connectivity index is 1.00. The van der Waals surface area contributed by atoms with E-state index in [0.717, 1.165) is 17.1 Å². The quantitative estimate of drug-likeness (QED) is 0.161. The van der Waals surface area contributed by atoms with Crippen molar-refractivity contribution in [3.05, 3.63) is 200 Å². The van der Waals surface area contributed by atoms with Crippen molar-refractivity contribution >= 4 is 91.7 Å². The summed E-state index contributed by atoms with van der Waals surface area (Å²) in [5.74, 6) is 0. The van der Waals surface area contributed by atoms with Gasteiger partial charge in [0.15, 0.2) is 0 Å². The second-order valence-corrected chi connectivity index (χ2v) is 15.2. The molecule has 2 heteroatoms. The van der Waals surface area contributed by atoms with Gasteiger partial charge in [-0.25, -0.2) is 0 Å². The fraction of sp³-hybridized carbons (Fsp3) is 0. The van der Waals surface area contributed by atoms with Crippen molar-refractivity contribution in [2.45, 2.75) is 0 Å². The van der Waals surface area contributed by atoms with Gasteiger partial charge in [-0.15, -0.1) is 11.3 Å². The Morgan fingerprint density at radius 1 is 0.259 bits per heavy atom. The summed E-state index contributed by atoms with van der Waals surface area (Å²) < 4.78 is 2.65. The van der Waals surface area contributed by atoms with Crippen LogP contribution in [0.3, 0.4) is 0 Å². The maximum Gasteiger partial charge on any atom is 0.0468 e. The molecule has 54 heavy (non-hydrogen) atoms. The highest BCUT2D eigenvalue weighted by atomic mass is 32.1. The van der Waals surface area contributed by atoms with Crippen molar-refractivity contribution in [2.24, 2.45) is 0 Å². The molecule has 0 atom stereocenters. The lowest BCUT2D eigenvalue weighted by atomic mass is 9.97. The van der Waals surface area contributed by atoms with Crippen molar-refractivity contribution in [1.29, 1.82) is 0 Å². The van der Waals surface area contributed by atoms with E-state index >= 15 is 0 Å². The molecule has 0 unspecified atom stereocenters. The molecule has 1 heterocycles. The van der Waals surface area contributed by atoms with Crippen molar-refractivity contribution in [3.8, 4) is 22.3 Å². The molecule has 0 spiro atoms. The molecule has 0 aliphatic carbocycles. The van der Waals surface area contributed by atoms with Gasteiger partial charge in [-0.1, -0.05) is 146 Å². The maximum atomic E-state index is 2.39. The fourth-order valence-electron chi connectivity index (χ4n) is 8.28. The van der Waals surface area contributed by atoms with Crippen molar-refractivity contribution in [1.82, 2.24) is 0 Å². The maximum absolute atomic E-state index is 2.39. The molecule has 0 radical (unpaired) electrons. The number of thiophene rings is 1. The molecule has 0 aliphatic heterocycles. The zero-order valence-electron chi connectivity index (χ0n) is 29.4. The van der Waals surface area contributed by atoms with Crippen LogP contribution >= 0.6 is 11.3 Å². The van der Waals surface area contributed by atoms with Gasteiger partial charge in [0.2, 0.25) is 0 Å². The molecule has 0 amide bonds. The number of hydrogen-bond acceptors (Lipinski definition) is 2. The van der Waals surface area contributed by atoms with E-state index < -0.39 is 0 Å². The first-order chi connectivity index (χ1) is 26.7. The number of rotatable bonds is 5. The van der Waals surface area contributed by atoms with Crippen LogP contribution < -0.4 is 4.90 Å². The van der Waals surface area contributed by atoms with Crippen LogP contribution in [0.2, 0.25) is 0 Å². The van der Waals surface area contributed by atoms with Crippen LogP contribution in [0.15, 0.2) is 200 Å². The number of benzene rings is 10. The van der Waals surface area contributed by atoms with Gasteiger partial charge in [-0.3, -0.25) is 0 Å². The van der Waals surface area contributed by atoms with Gasteiger partial charge < -0.3 is 4.90 Å². The van der Waals surface area contributed by atoms with Crippen LogP contribution in [0, 0.1) is 0 Å². The summed E-state index contributed by atoms with van der Waals surface area (Å²) in [5.41, 5.74) is 8.22. The molecular formula is C52H33NS. The van der Waals surface area contributed by atoms with Gasteiger partial charge in [0.05, 0.1) is 0 Å². The highest BCUT2D eigenvalue weighted by Gasteiger charge is 2.16. The van der Waals surface area contributed by atoms with Crippen LogP contribution in [0.4, 0.5) is 17.1 Å². The van der Waals surface area contributed by atoms with Gasteiger partial charge in [-0.05, 0) is 120 Å². The van der Waals surface area contributed by atoms with E-state index in [2.05, 4.69) is 205 Å². The lowest BCUT2D eigenvalue weighted by Crippen LogP contribution is -2.09. The molecule has 0 N–H and O–H groups in total. The van der Waals surface area contributed by atoms with Gasteiger partial charge in [0.1, 0.15) is 0 Å². The topological polar surface area (TPSA) is 3.24 Å². The Labute approximate surface area is 317 Å². The molecule has 11 rings (SSSR count). The van der Waals surface area contributed by atoms with Crippen molar-refractivity contribution < 1.29 is 0 Å². The predicted octanol–water partition coefficient (Wildman–Crippen LogP) is 15.5. The van der Waals surface area contributed by atoms with E-state index in [1.807, 2.05) is 11.3 Å². The van der Waals surface area contributed by atoms with E-state index in [9.17, 15) is 0 Å². The van der Waals surface area contributed by atoms with Crippen LogP contribution in [0.25, 0.3) is 85.5 Å². The zero-order chi connectivity index (χ0) is 35.6. The fourth-order valence-corrected chi connectivity index (χ4v) is 9.43. The highest BCUT2D eigenvalue weighted by Crippen LogP contribution is 2.41. The summed E-state index contributed by atoms with van der Waals surface area (Å²) in [6.45, 7) is 0. The Hall–Kier alpha value is -6.74. The lowest BCUT2D eigenvalue weighted by Gasteiger charge is -2.26. The molecule has 1 nitrogen and oxygen atoms in total. The summed E-state index contributed by atoms with van der Waals surface area (Å²) in [7, 11) is 0. The smallest absolute Gasteiger partial charge is 0.0468 e. The molecule has 11 aromatic rings. The first-order valence-corrected chi connectivity index (χ1v) is 19.3. The van der Waals surface area contributed by atoms with Crippen molar-refractivity contribution in [2.75, 3.05) is 4.90 Å². The van der Waals surface area contributed by atoms with Gasteiger partial charge in [0.25, 0.3) is 0 Å². The minimum absolute atomic E-state index is 1.12. The summed E-state index contributed by atoms with van der Waals surface area (Å²) >= 11 is 1.87. The number of nitrogens with zero attached hydrogens (tertiary/aromatic N) is 1. The Morgan fingerprint density at radius 3 is 1.39 bits per heavy atom. The molecule has 252 valence electrons. The van der Waals surface area contributed by atoms with Crippen LogP contribution in [-0.4, -0.2) is 0 Å². The van der Waals surface area contributed by atoms with E-state index in [-0.39, 0.29) is 0 Å². The average Bonchev–Trinajstić information content (AvgIpc) is 3.62. The Bertz CT molecular complexity index is 3210. The van der Waals surface area contributed by atoms with E-state index in [4.69, 9.17) is 0 Å². The molecule has 0 aliphatic rings. The second kappa shape index (κ2) is 12.4. The second-order valence-electron chi connectivity index (χ2n) is 14.2. The van der Waals surface area contributed by atoms with E-state index in [1.165, 1.54) is 85.5 Å². The summed E-state index contributed by atoms with van der Waals surface area (Å²) in [4.78, 5) is 2.39. The van der Waals surface area contributed by atoms with Gasteiger partial charge in [0, 0.05) is 37.2 Å². The van der Waals surface area contributed by atoms with E-state index in [0.29, 0.717) is 0 Å². The monoisotopic (exact) mass is 703 g/mol. The number of fused-ring (bicyclic) bond motifs is 9. The SMILES string of the molecule is c1ccc2c(c1)ccc1cc(-c3ccc(N(c4ccc(-c5ccc6c(c5)sc5ccccc56)cc4)c4ccc5ccc6ccccc6c5c4)cc3)ccc12. The first kappa shape index (κ1) is 30.8.